The molecule has 0 bridgehead atoms. The van der Waals surface area contributed by atoms with E-state index in [-0.39, 0.29) is 5.41 Å². The summed E-state index contributed by atoms with van der Waals surface area (Å²) in [5, 5.41) is 5.03. The lowest BCUT2D eigenvalue weighted by atomic mass is 9.79. The first kappa shape index (κ1) is 40.5. The monoisotopic (exact) mass is 880 g/mol. The summed E-state index contributed by atoms with van der Waals surface area (Å²) >= 11 is 0. The Labute approximate surface area is 403 Å². The van der Waals surface area contributed by atoms with Crippen molar-refractivity contribution in [3.63, 3.8) is 0 Å². The summed E-state index contributed by atoms with van der Waals surface area (Å²) in [5.74, 6) is 0. The Hall–Kier alpha value is -8.72. The van der Waals surface area contributed by atoms with Gasteiger partial charge in [-0.05, 0) is 133 Å². The Morgan fingerprint density at radius 3 is 1.48 bits per heavy atom. The molecule has 0 fully saturated rings. The molecule has 0 amide bonds. The third-order valence-corrected chi connectivity index (χ3v) is 14.6. The zero-order valence-corrected chi connectivity index (χ0v) is 38.6. The SMILES string of the molecule is CC1(C)c2ccccc2-c2cccc(-c3ccc(N(c4ccc(-c5cccc(-c6ccccc6-n6c7ccccc7c7ccccc76)c5)cc4)c4ccc(-c5cccc6ccccc56)cc4)cc3)c21. The van der Waals surface area contributed by atoms with Gasteiger partial charge in [0.25, 0.3) is 0 Å². The Balaban J connectivity index is 0.878. The smallest absolute Gasteiger partial charge is 0.0541 e. The first-order chi connectivity index (χ1) is 34.0. The van der Waals surface area contributed by atoms with Gasteiger partial charge in [0, 0.05) is 38.8 Å². The van der Waals surface area contributed by atoms with Crippen molar-refractivity contribution in [3.8, 4) is 61.3 Å². The Bertz CT molecular complexity index is 3850. The van der Waals surface area contributed by atoms with E-state index in [1.807, 2.05) is 0 Å². The van der Waals surface area contributed by atoms with E-state index in [1.54, 1.807) is 0 Å². The third kappa shape index (κ3) is 6.71. The lowest BCUT2D eigenvalue weighted by Gasteiger charge is -2.27. The average molecular weight is 881 g/mol. The highest BCUT2D eigenvalue weighted by atomic mass is 15.1. The predicted octanol–water partition coefficient (Wildman–Crippen LogP) is 18.4. The summed E-state index contributed by atoms with van der Waals surface area (Å²) in [5.41, 5.74) is 21.9. The van der Waals surface area contributed by atoms with Crippen LogP contribution in [0.1, 0.15) is 25.0 Å². The van der Waals surface area contributed by atoms with Crippen LogP contribution in [0.15, 0.2) is 255 Å². The van der Waals surface area contributed by atoms with Crippen molar-refractivity contribution >= 4 is 49.6 Å². The molecule has 0 radical (unpaired) electrons. The molecule has 69 heavy (non-hydrogen) atoms. The van der Waals surface area contributed by atoms with Gasteiger partial charge in [0.15, 0.2) is 0 Å². The number of anilines is 3. The number of hydrogen-bond donors (Lipinski definition) is 0. The van der Waals surface area contributed by atoms with E-state index in [4.69, 9.17) is 0 Å². The molecule has 0 unspecified atom stereocenters. The number of aromatic nitrogens is 1. The minimum atomic E-state index is -0.101. The topological polar surface area (TPSA) is 8.17 Å². The highest BCUT2D eigenvalue weighted by Crippen LogP contribution is 2.52. The molecule has 2 nitrogen and oxygen atoms in total. The maximum absolute atomic E-state index is 2.42. The minimum absolute atomic E-state index is 0.101. The molecule has 1 heterocycles. The molecule has 11 aromatic carbocycles. The van der Waals surface area contributed by atoms with Gasteiger partial charge in [0.05, 0.1) is 16.7 Å². The van der Waals surface area contributed by atoms with Crippen molar-refractivity contribution in [2.75, 3.05) is 4.90 Å². The van der Waals surface area contributed by atoms with Crippen LogP contribution < -0.4 is 4.90 Å². The number of para-hydroxylation sites is 3. The normalized spacial score (nSPS) is 12.6. The quantitative estimate of drug-likeness (QED) is 0.148. The number of rotatable bonds is 8. The van der Waals surface area contributed by atoms with Crippen molar-refractivity contribution in [2.24, 2.45) is 0 Å². The van der Waals surface area contributed by atoms with Crippen LogP contribution in [0.3, 0.4) is 0 Å². The molecular weight excluding hydrogens is 833 g/mol. The van der Waals surface area contributed by atoms with Crippen LogP contribution in [0, 0.1) is 0 Å². The van der Waals surface area contributed by atoms with Crippen molar-refractivity contribution < 1.29 is 0 Å². The maximum atomic E-state index is 2.42. The van der Waals surface area contributed by atoms with E-state index >= 15 is 0 Å². The van der Waals surface area contributed by atoms with E-state index in [1.165, 1.54) is 99.5 Å². The molecule has 0 atom stereocenters. The van der Waals surface area contributed by atoms with E-state index < -0.39 is 0 Å². The van der Waals surface area contributed by atoms with Crippen molar-refractivity contribution in [3.05, 3.63) is 266 Å². The first-order valence-electron chi connectivity index (χ1n) is 24.0. The number of benzene rings is 11. The van der Waals surface area contributed by atoms with E-state index in [9.17, 15) is 0 Å². The molecule has 326 valence electrons. The second kappa shape index (κ2) is 16.3. The Kier molecular flexibility index (Phi) is 9.55. The van der Waals surface area contributed by atoms with Gasteiger partial charge < -0.3 is 9.47 Å². The van der Waals surface area contributed by atoms with Crippen LogP contribution >= 0.6 is 0 Å². The Morgan fingerprint density at radius 1 is 0.319 bits per heavy atom. The van der Waals surface area contributed by atoms with Crippen LogP contribution in [0.2, 0.25) is 0 Å². The van der Waals surface area contributed by atoms with Gasteiger partial charge in [0.1, 0.15) is 0 Å². The van der Waals surface area contributed by atoms with Crippen molar-refractivity contribution in [1.29, 1.82) is 0 Å². The molecule has 0 aliphatic heterocycles. The second-order valence-electron chi connectivity index (χ2n) is 18.9. The summed E-state index contributed by atoms with van der Waals surface area (Å²) in [4.78, 5) is 2.38. The molecule has 13 rings (SSSR count). The molecule has 2 heteroatoms. The molecule has 0 saturated carbocycles. The highest BCUT2D eigenvalue weighted by molar-refractivity contribution is 6.10. The summed E-state index contributed by atoms with van der Waals surface area (Å²) in [7, 11) is 0. The lowest BCUT2D eigenvalue weighted by Crippen LogP contribution is -2.16. The van der Waals surface area contributed by atoms with E-state index in [2.05, 4.69) is 278 Å². The standard InChI is InChI=1S/C67H48N2/c1-67(2)62-28-9-5-22-58(62)61-27-15-26-57(66(61)67)48-36-42-53(43-37-48)68(52-40-34-47(35-41-52)55-25-14-17-46-16-3-4-20-54(46)55)51-38-32-45(33-39-51)49-18-13-19-50(44-49)56-21-6-10-29-63(56)69-64-30-11-7-23-59(64)60-24-8-12-31-65(60)69/h3-44H,1-2H3. The number of hydrogen-bond acceptors (Lipinski definition) is 1. The molecule has 1 aromatic heterocycles. The largest absolute Gasteiger partial charge is 0.311 e. The van der Waals surface area contributed by atoms with Gasteiger partial charge in [-0.3, -0.25) is 0 Å². The third-order valence-electron chi connectivity index (χ3n) is 14.6. The molecule has 1 aliphatic rings. The van der Waals surface area contributed by atoms with Crippen LogP contribution in [0.25, 0.3) is 93.9 Å². The van der Waals surface area contributed by atoms with Gasteiger partial charge in [-0.1, -0.05) is 208 Å². The second-order valence-corrected chi connectivity index (χ2v) is 18.9. The number of fused-ring (bicyclic) bond motifs is 7. The minimum Gasteiger partial charge on any atom is -0.311 e. The lowest BCUT2D eigenvalue weighted by molar-refractivity contribution is 0.662. The molecule has 0 saturated heterocycles. The molecule has 0 spiro atoms. The maximum Gasteiger partial charge on any atom is 0.0541 e. The molecule has 0 N–H and O–H groups in total. The fraction of sp³-hybridized carbons (Fsp3) is 0.0448. The van der Waals surface area contributed by atoms with Crippen LogP contribution in [-0.4, -0.2) is 4.57 Å². The van der Waals surface area contributed by atoms with Gasteiger partial charge in [-0.2, -0.15) is 0 Å². The van der Waals surface area contributed by atoms with Crippen LogP contribution in [-0.2, 0) is 5.41 Å². The zero-order chi connectivity index (χ0) is 46.1. The van der Waals surface area contributed by atoms with E-state index in [0.29, 0.717) is 0 Å². The van der Waals surface area contributed by atoms with Gasteiger partial charge in [-0.15, -0.1) is 0 Å². The van der Waals surface area contributed by atoms with Gasteiger partial charge in [-0.25, -0.2) is 0 Å². The van der Waals surface area contributed by atoms with Gasteiger partial charge >= 0.3 is 0 Å². The molecule has 1 aliphatic carbocycles. The summed E-state index contributed by atoms with van der Waals surface area (Å²) in [6, 6.07) is 93.5. The average Bonchev–Trinajstić information content (AvgIpc) is 3.87. The fourth-order valence-corrected chi connectivity index (χ4v) is 11.4. The summed E-state index contributed by atoms with van der Waals surface area (Å²) in [6.07, 6.45) is 0. The summed E-state index contributed by atoms with van der Waals surface area (Å²) in [6.45, 7) is 4.73. The van der Waals surface area contributed by atoms with E-state index in [0.717, 1.165) is 22.6 Å². The number of nitrogens with zero attached hydrogens (tertiary/aromatic N) is 2. The van der Waals surface area contributed by atoms with Gasteiger partial charge in [0.2, 0.25) is 0 Å². The van der Waals surface area contributed by atoms with Crippen molar-refractivity contribution in [1.82, 2.24) is 4.57 Å². The zero-order valence-electron chi connectivity index (χ0n) is 38.6. The van der Waals surface area contributed by atoms with Crippen LogP contribution in [0.4, 0.5) is 17.1 Å². The predicted molar refractivity (Wildman–Crippen MR) is 292 cm³/mol. The van der Waals surface area contributed by atoms with Crippen LogP contribution in [0.5, 0.6) is 0 Å². The highest BCUT2D eigenvalue weighted by Gasteiger charge is 2.37. The first-order valence-corrected chi connectivity index (χ1v) is 24.0. The summed E-state index contributed by atoms with van der Waals surface area (Å²) < 4.78 is 2.42. The fourth-order valence-electron chi connectivity index (χ4n) is 11.4. The molecular formula is C67H48N2. The van der Waals surface area contributed by atoms with Crippen molar-refractivity contribution in [2.45, 2.75) is 19.3 Å². The molecule has 12 aromatic rings. The Morgan fingerprint density at radius 2 is 0.783 bits per heavy atom.